The largest absolute Gasteiger partial charge is 0.449 e. The number of benzene rings is 1. The third kappa shape index (κ3) is 3.66. The molecule has 1 aliphatic heterocycles. The number of hydrogen-bond acceptors (Lipinski definition) is 4. The summed E-state index contributed by atoms with van der Waals surface area (Å²) < 4.78 is 4.94. The van der Waals surface area contributed by atoms with Crippen molar-refractivity contribution in [1.29, 1.82) is 0 Å². The van der Waals surface area contributed by atoms with Crippen LogP contribution in [-0.4, -0.2) is 49.4 Å². The summed E-state index contributed by atoms with van der Waals surface area (Å²) in [5.74, 6) is -0.111. The van der Waals surface area contributed by atoms with Crippen LogP contribution in [-0.2, 0) is 4.74 Å². The van der Waals surface area contributed by atoms with Crippen LogP contribution in [0.1, 0.15) is 16.8 Å². The molecule has 5 nitrogen and oxygen atoms in total. The Labute approximate surface area is 122 Å². The molecule has 0 radical (unpaired) electrons. The summed E-state index contributed by atoms with van der Waals surface area (Å²) in [5.41, 5.74) is 0.668. The Bertz CT molecular complexity index is 493. The zero-order chi connectivity index (χ0) is 14.4. The molecule has 0 aromatic heterocycles. The molecule has 0 saturated carbocycles. The Kier molecular flexibility index (Phi) is 5.29. The van der Waals surface area contributed by atoms with Crippen molar-refractivity contribution in [3.63, 3.8) is 0 Å². The quantitative estimate of drug-likeness (QED) is 0.844. The molecule has 20 heavy (non-hydrogen) atoms. The Morgan fingerprint density at radius 1 is 1.45 bits per heavy atom. The highest BCUT2D eigenvalue weighted by Gasteiger charge is 2.19. The van der Waals surface area contributed by atoms with E-state index in [4.69, 9.17) is 4.74 Å². The first-order valence-corrected chi connectivity index (χ1v) is 7.78. The van der Waals surface area contributed by atoms with Crippen LogP contribution >= 0.6 is 11.8 Å². The van der Waals surface area contributed by atoms with Crippen LogP contribution in [0.4, 0.5) is 4.79 Å². The molecular formula is C14H18N2O3S. The Morgan fingerprint density at radius 2 is 2.25 bits per heavy atom. The lowest BCUT2D eigenvalue weighted by atomic mass is 10.2. The minimum Gasteiger partial charge on any atom is -0.449 e. The van der Waals surface area contributed by atoms with Gasteiger partial charge >= 0.3 is 6.09 Å². The number of hydrogen-bond donors (Lipinski definition) is 1. The fourth-order valence-electron chi connectivity index (χ4n) is 2.03. The molecule has 108 valence electrons. The zero-order valence-corrected chi connectivity index (χ0v) is 12.2. The smallest absolute Gasteiger partial charge is 0.409 e. The fraction of sp³-hybridized carbons (Fsp3) is 0.429. The van der Waals surface area contributed by atoms with Crippen molar-refractivity contribution < 1.29 is 14.3 Å². The maximum atomic E-state index is 12.1. The van der Waals surface area contributed by atoms with Gasteiger partial charge in [0.05, 0.1) is 12.2 Å². The Morgan fingerprint density at radius 3 is 3.00 bits per heavy atom. The molecule has 0 bridgehead atoms. The molecule has 0 unspecified atom stereocenters. The lowest BCUT2D eigenvalue weighted by molar-refractivity contribution is 0.0719. The van der Waals surface area contributed by atoms with E-state index < -0.39 is 0 Å². The van der Waals surface area contributed by atoms with Crippen molar-refractivity contribution in [3.05, 3.63) is 29.8 Å². The SMILES string of the molecule is CSc1ccccc1C(=O)NCCN1CCCOC1=O. The number of carbonyl (C=O) groups is 2. The molecule has 1 heterocycles. The molecule has 0 aliphatic carbocycles. The topological polar surface area (TPSA) is 58.6 Å². The average Bonchev–Trinajstić information content (AvgIpc) is 2.49. The number of rotatable bonds is 5. The van der Waals surface area contributed by atoms with Gasteiger partial charge in [0.15, 0.2) is 0 Å². The van der Waals surface area contributed by atoms with Crippen LogP contribution in [0.15, 0.2) is 29.2 Å². The number of thioether (sulfide) groups is 1. The fourth-order valence-corrected chi connectivity index (χ4v) is 2.63. The van der Waals surface area contributed by atoms with Gasteiger partial charge in [0.25, 0.3) is 5.91 Å². The van der Waals surface area contributed by atoms with Crippen LogP contribution in [0.3, 0.4) is 0 Å². The molecule has 2 amide bonds. The molecule has 0 atom stereocenters. The molecule has 0 spiro atoms. The van der Waals surface area contributed by atoms with E-state index in [1.54, 1.807) is 22.7 Å². The van der Waals surface area contributed by atoms with Crippen molar-refractivity contribution >= 4 is 23.8 Å². The first-order chi connectivity index (χ1) is 9.72. The monoisotopic (exact) mass is 294 g/mol. The highest BCUT2D eigenvalue weighted by Crippen LogP contribution is 2.19. The maximum Gasteiger partial charge on any atom is 0.409 e. The normalized spacial score (nSPS) is 14.8. The summed E-state index contributed by atoms with van der Waals surface area (Å²) in [6, 6.07) is 7.47. The van der Waals surface area contributed by atoms with Gasteiger partial charge < -0.3 is 15.0 Å². The van der Waals surface area contributed by atoms with Gasteiger partial charge in [-0.15, -0.1) is 11.8 Å². The van der Waals surface area contributed by atoms with Crippen LogP contribution in [0, 0.1) is 0 Å². The van der Waals surface area contributed by atoms with Crippen LogP contribution in [0.2, 0.25) is 0 Å². The van der Waals surface area contributed by atoms with Gasteiger partial charge in [-0.05, 0) is 24.8 Å². The number of nitrogens with one attached hydrogen (secondary N) is 1. The lowest BCUT2D eigenvalue weighted by Gasteiger charge is -2.26. The molecule has 1 fully saturated rings. The van der Waals surface area contributed by atoms with Gasteiger partial charge in [-0.1, -0.05) is 12.1 Å². The van der Waals surface area contributed by atoms with E-state index in [2.05, 4.69) is 5.32 Å². The van der Waals surface area contributed by atoms with Gasteiger partial charge in [0.1, 0.15) is 0 Å². The second-order valence-electron chi connectivity index (χ2n) is 4.41. The van der Waals surface area contributed by atoms with Crippen molar-refractivity contribution in [2.45, 2.75) is 11.3 Å². The van der Waals surface area contributed by atoms with E-state index in [-0.39, 0.29) is 12.0 Å². The zero-order valence-electron chi connectivity index (χ0n) is 11.4. The summed E-state index contributed by atoms with van der Waals surface area (Å²) in [6.45, 7) is 2.08. The molecule has 1 aromatic rings. The summed E-state index contributed by atoms with van der Waals surface area (Å²) in [5, 5.41) is 2.84. The highest BCUT2D eigenvalue weighted by molar-refractivity contribution is 7.98. The molecule has 1 aliphatic rings. The number of carbonyl (C=O) groups excluding carboxylic acids is 2. The van der Waals surface area contributed by atoms with Gasteiger partial charge in [-0.2, -0.15) is 0 Å². The van der Waals surface area contributed by atoms with Crippen LogP contribution in [0.5, 0.6) is 0 Å². The van der Waals surface area contributed by atoms with Crippen molar-refractivity contribution in [3.8, 4) is 0 Å². The van der Waals surface area contributed by atoms with E-state index in [0.29, 0.717) is 31.8 Å². The van der Waals surface area contributed by atoms with Crippen molar-refractivity contribution in [2.24, 2.45) is 0 Å². The molecule has 1 saturated heterocycles. The van der Waals surface area contributed by atoms with Crippen LogP contribution < -0.4 is 5.32 Å². The predicted molar refractivity (Wildman–Crippen MR) is 78.1 cm³/mol. The summed E-state index contributed by atoms with van der Waals surface area (Å²) in [4.78, 5) is 26.1. The Balaban J connectivity index is 1.84. The standard InChI is InChI=1S/C14H18N2O3S/c1-20-12-6-3-2-5-11(12)13(17)15-7-9-16-8-4-10-19-14(16)18/h2-3,5-6H,4,7-10H2,1H3,(H,15,17). The second-order valence-corrected chi connectivity index (χ2v) is 5.26. The van der Waals surface area contributed by atoms with E-state index >= 15 is 0 Å². The van der Waals surface area contributed by atoms with Gasteiger partial charge in [-0.25, -0.2) is 4.79 Å². The van der Waals surface area contributed by atoms with Crippen molar-refractivity contribution in [1.82, 2.24) is 10.2 Å². The van der Waals surface area contributed by atoms with E-state index in [9.17, 15) is 9.59 Å². The minimum atomic E-state index is -0.296. The lowest BCUT2D eigenvalue weighted by Crippen LogP contribution is -2.42. The average molecular weight is 294 g/mol. The molecule has 1 N–H and O–H groups in total. The Hall–Kier alpha value is -1.69. The van der Waals surface area contributed by atoms with E-state index in [1.165, 1.54) is 0 Å². The number of amides is 2. The van der Waals surface area contributed by atoms with Gasteiger partial charge in [0.2, 0.25) is 0 Å². The molecule has 6 heteroatoms. The summed E-state index contributed by atoms with van der Waals surface area (Å²) in [7, 11) is 0. The first-order valence-electron chi connectivity index (χ1n) is 6.55. The molecule has 2 rings (SSSR count). The number of nitrogens with zero attached hydrogens (tertiary/aromatic N) is 1. The number of cyclic esters (lactones) is 1. The third-order valence-corrected chi connectivity index (χ3v) is 3.87. The predicted octanol–water partition coefficient (Wildman–Crippen LogP) is 1.98. The summed E-state index contributed by atoms with van der Waals surface area (Å²) in [6.07, 6.45) is 2.49. The number of ether oxygens (including phenoxy) is 1. The van der Waals surface area contributed by atoms with E-state index in [1.807, 2.05) is 24.5 Å². The van der Waals surface area contributed by atoms with Gasteiger partial charge in [-0.3, -0.25) is 4.79 Å². The minimum absolute atomic E-state index is 0.111. The molecule has 1 aromatic carbocycles. The first kappa shape index (κ1) is 14.7. The maximum absolute atomic E-state index is 12.1. The van der Waals surface area contributed by atoms with Crippen LogP contribution in [0.25, 0.3) is 0 Å². The highest BCUT2D eigenvalue weighted by atomic mass is 32.2. The van der Waals surface area contributed by atoms with E-state index in [0.717, 1.165) is 11.3 Å². The second kappa shape index (κ2) is 7.19. The van der Waals surface area contributed by atoms with Crippen molar-refractivity contribution in [2.75, 3.05) is 32.5 Å². The molecular weight excluding hydrogens is 276 g/mol. The van der Waals surface area contributed by atoms with Gasteiger partial charge in [0, 0.05) is 24.5 Å². The summed E-state index contributed by atoms with van der Waals surface area (Å²) >= 11 is 1.54. The third-order valence-electron chi connectivity index (χ3n) is 3.07.